The van der Waals surface area contributed by atoms with Crippen LogP contribution >= 0.6 is 0 Å². The number of oxazole rings is 1. The SMILES string of the molecule is CN(C)c1nc2ccc(NC(=O)N3CCC[C@H]3CO)cc2o1. The van der Waals surface area contributed by atoms with E-state index in [0.717, 1.165) is 18.4 Å². The Morgan fingerprint density at radius 2 is 2.36 bits per heavy atom. The smallest absolute Gasteiger partial charge is 0.322 e. The summed E-state index contributed by atoms with van der Waals surface area (Å²) in [7, 11) is 3.71. The third-order valence-electron chi connectivity index (χ3n) is 3.86. The van der Waals surface area contributed by atoms with Crippen molar-refractivity contribution >= 4 is 28.8 Å². The highest BCUT2D eigenvalue weighted by Crippen LogP contribution is 2.24. The molecule has 7 heteroatoms. The van der Waals surface area contributed by atoms with Gasteiger partial charge in [-0.2, -0.15) is 4.98 Å². The van der Waals surface area contributed by atoms with Crippen LogP contribution in [0.3, 0.4) is 0 Å². The number of aliphatic hydroxyl groups is 1. The van der Waals surface area contributed by atoms with E-state index in [9.17, 15) is 9.90 Å². The summed E-state index contributed by atoms with van der Waals surface area (Å²) in [6.07, 6.45) is 1.77. The molecule has 2 heterocycles. The molecule has 0 bridgehead atoms. The minimum Gasteiger partial charge on any atom is -0.423 e. The Hall–Kier alpha value is -2.28. The zero-order valence-corrected chi connectivity index (χ0v) is 12.7. The van der Waals surface area contributed by atoms with Crippen LogP contribution in [0, 0.1) is 0 Å². The molecule has 1 aromatic heterocycles. The molecule has 2 amide bonds. The van der Waals surface area contributed by atoms with Gasteiger partial charge in [0.25, 0.3) is 6.01 Å². The van der Waals surface area contributed by atoms with Crippen molar-refractivity contribution in [3.8, 4) is 0 Å². The summed E-state index contributed by atoms with van der Waals surface area (Å²) in [5, 5.41) is 12.2. The first kappa shape index (κ1) is 14.6. The van der Waals surface area contributed by atoms with Crippen molar-refractivity contribution < 1.29 is 14.3 Å². The molecular formula is C15H20N4O3. The van der Waals surface area contributed by atoms with E-state index < -0.39 is 0 Å². The number of likely N-dealkylation sites (tertiary alicyclic amines) is 1. The first-order valence-corrected chi connectivity index (χ1v) is 7.35. The first-order chi connectivity index (χ1) is 10.6. The molecule has 3 rings (SSSR count). The highest BCUT2D eigenvalue weighted by molar-refractivity contribution is 5.92. The van der Waals surface area contributed by atoms with Gasteiger partial charge in [0.2, 0.25) is 0 Å². The maximum absolute atomic E-state index is 12.3. The van der Waals surface area contributed by atoms with Crippen molar-refractivity contribution in [2.45, 2.75) is 18.9 Å². The molecule has 0 aliphatic carbocycles. The average Bonchev–Trinajstić information content (AvgIpc) is 3.12. The summed E-state index contributed by atoms with van der Waals surface area (Å²) < 4.78 is 5.63. The molecule has 2 aromatic rings. The second-order valence-electron chi connectivity index (χ2n) is 5.68. The Labute approximate surface area is 128 Å². The monoisotopic (exact) mass is 304 g/mol. The number of benzene rings is 1. The van der Waals surface area contributed by atoms with Crippen LogP contribution in [-0.2, 0) is 0 Å². The number of aromatic nitrogens is 1. The quantitative estimate of drug-likeness (QED) is 0.905. The molecule has 1 aromatic carbocycles. The van der Waals surface area contributed by atoms with Crippen molar-refractivity contribution in [1.29, 1.82) is 0 Å². The number of carbonyl (C=O) groups is 1. The average molecular weight is 304 g/mol. The van der Waals surface area contributed by atoms with Gasteiger partial charge >= 0.3 is 6.03 Å². The van der Waals surface area contributed by atoms with E-state index in [2.05, 4.69) is 10.3 Å². The third-order valence-corrected chi connectivity index (χ3v) is 3.86. The maximum Gasteiger partial charge on any atom is 0.322 e. The molecule has 1 aliphatic rings. The number of urea groups is 1. The lowest BCUT2D eigenvalue weighted by atomic mass is 10.2. The molecule has 0 radical (unpaired) electrons. The fraction of sp³-hybridized carbons (Fsp3) is 0.467. The number of amides is 2. The highest BCUT2D eigenvalue weighted by Gasteiger charge is 2.28. The van der Waals surface area contributed by atoms with Gasteiger partial charge < -0.3 is 24.6 Å². The van der Waals surface area contributed by atoms with Gasteiger partial charge in [-0.3, -0.25) is 0 Å². The molecule has 1 fully saturated rings. The Morgan fingerprint density at radius 1 is 1.55 bits per heavy atom. The van der Waals surface area contributed by atoms with Crippen LogP contribution in [0.2, 0.25) is 0 Å². The molecule has 7 nitrogen and oxygen atoms in total. The molecule has 22 heavy (non-hydrogen) atoms. The lowest BCUT2D eigenvalue weighted by molar-refractivity contribution is 0.166. The largest absolute Gasteiger partial charge is 0.423 e. The van der Waals surface area contributed by atoms with Crippen molar-refractivity contribution in [3.63, 3.8) is 0 Å². The van der Waals surface area contributed by atoms with E-state index in [4.69, 9.17) is 4.42 Å². The Morgan fingerprint density at radius 3 is 3.09 bits per heavy atom. The zero-order chi connectivity index (χ0) is 15.7. The zero-order valence-electron chi connectivity index (χ0n) is 12.7. The second kappa shape index (κ2) is 5.84. The summed E-state index contributed by atoms with van der Waals surface area (Å²) in [6.45, 7) is 0.674. The summed E-state index contributed by atoms with van der Waals surface area (Å²) in [6, 6.07) is 5.62. The van der Waals surface area contributed by atoms with Gasteiger partial charge in [0.1, 0.15) is 5.52 Å². The van der Waals surface area contributed by atoms with Gasteiger partial charge in [0.15, 0.2) is 5.58 Å². The number of hydrogen-bond donors (Lipinski definition) is 2. The number of carbonyl (C=O) groups excluding carboxylic acids is 1. The fourth-order valence-corrected chi connectivity index (χ4v) is 2.67. The van der Waals surface area contributed by atoms with E-state index in [1.54, 1.807) is 21.9 Å². The molecule has 1 aliphatic heterocycles. The highest BCUT2D eigenvalue weighted by atomic mass is 16.4. The van der Waals surface area contributed by atoms with E-state index in [1.807, 2.05) is 20.2 Å². The van der Waals surface area contributed by atoms with E-state index in [0.29, 0.717) is 23.8 Å². The molecule has 1 atom stereocenters. The predicted molar refractivity (Wildman–Crippen MR) is 84.2 cm³/mol. The number of nitrogens with zero attached hydrogens (tertiary/aromatic N) is 3. The lowest BCUT2D eigenvalue weighted by Crippen LogP contribution is -2.40. The topological polar surface area (TPSA) is 81.8 Å². The van der Waals surface area contributed by atoms with Crippen molar-refractivity contribution in [2.24, 2.45) is 0 Å². The van der Waals surface area contributed by atoms with Crippen molar-refractivity contribution in [3.05, 3.63) is 18.2 Å². The summed E-state index contributed by atoms with van der Waals surface area (Å²) in [5.41, 5.74) is 2.03. The predicted octanol–water partition coefficient (Wildman–Crippen LogP) is 1.88. The minimum absolute atomic E-state index is 0.000748. The van der Waals surface area contributed by atoms with Crippen LogP contribution in [0.5, 0.6) is 0 Å². The van der Waals surface area contributed by atoms with E-state index in [-0.39, 0.29) is 18.7 Å². The number of anilines is 2. The molecular weight excluding hydrogens is 284 g/mol. The van der Waals surface area contributed by atoms with Crippen molar-refractivity contribution in [1.82, 2.24) is 9.88 Å². The number of rotatable bonds is 3. The maximum atomic E-state index is 12.3. The fourth-order valence-electron chi connectivity index (χ4n) is 2.67. The molecule has 118 valence electrons. The lowest BCUT2D eigenvalue weighted by Gasteiger charge is -2.23. The number of nitrogens with one attached hydrogen (secondary N) is 1. The minimum atomic E-state index is -0.191. The summed E-state index contributed by atoms with van der Waals surface area (Å²) >= 11 is 0. The normalized spacial score (nSPS) is 18.0. The van der Waals surface area contributed by atoms with Gasteiger partial charge in [-0.15, -0.1) is 0 Å². The van der Waals surface area contributed by atoms with Gasteiger partial charge in [0, 0.05) is 32.4 Å². The molecule has 0 unspecified atom stereocenters. The van der Waals surface area contributed by atoms with E-state index in [1.165, 1.54) is 0 Å². The molecule has 2 N–H and O–H groups in total. The van der Waals surface area contributed by atoms with Crippen LogP contribution < -0.4 is 10.2 Å². The second-order valence-corrected chi connectivity index (χ2v) is 5.68. The van der Waals surface area contributed by atoms with E-state index >= 15 is 0 Å². The summed E-state index contributed by atoms with van der Waals surface area (Å²) in [4.78, 5) is 20.1. The van der Waals surface area contributed by atoms with Gasteiger partial charge in [-0.25, -0.2) is 4.79 Å². The number of fused-ring (bicyclic) bond motifs is 1. The van der Waals surface area contributed by atoms with Crippen LogP contribution in [0.1, 0.15) is 12.8 Å². The van der Waals surface area contributed by atoms with Crippen molar-refractivity contribution in [2.75, 3.05) is 37.5 Å². The Balaban J connectivity index is 1.77. The van der Waals surface area contributed by atoms with Gasteiger partial charge in [-0.1, -0.05) is 0 Å². The molecule has 1 saturated heterocycles. The Kier molecular flexibility index (Phi) is 3.89. The third kappa shape index (κ3) is 2.71. The van der Waals surface area contributed by atoms with Gasteiger partial charge in [0.05, 0.1) is 12.6 Å². The number of aliphatic hydroxyl groups excluding tert-OH is 1. The van der Waals surface area contributed by atoms with Crippen LogP contribution in [0.15, 0.2) is 22.6 Å². The Bertz CT molecular complexity index is 682. The van der Waals surface area contributed by atoms with Crippen LogP contribution in [-0.4, -0.2) is 54.3 Å². The van der Waals surface area contributed by atoms with Gasteiger partial charge in [-0.05, 0) is 25.0 Å². The van der Waals surface area contributed by atoms with Crippen LogP contribution in [0.4, 0.5) is 16.5 Å². The number of hydrogen-bond acceptors (Lipinski definition) is 5. The molecule has 0 saturated carbocycles. The van der Waals surface area contributed by atoms with Crippen LogP contribution in [0.25, 0.3) is 11.1 Å². The molecule has 0 spiro atoms. The summed E-state index contributed by atoms with van der Waals surface area (Å²) in [5.74, 6) is 0. The standard InChI is InChI=1S/C15H20N4O3/c1-18(2)15-17-12-6-5-10(8-13(12)22-15)16-14(21)19-7-3-4-11(19)9-20/h5-6,8,11,20H,3-4,7,9H2,1-2H3,(H,16,21)/t11-/m0/s1. The first-order valence-electron chi connectivity index (χ1n) is 7.35.